The molecule has 1 unspecified atom stereocenters. The second-order valence-electron chi connectivity index (χ2n) is 3.06. The standard InChI is InChI=1S/C10H11Br2Cl/c1-7(11)2-3-8-4-5-9(12)6-10(8)13/h4-7H,2-3H2,1H3. The van der Waals surface area contributed by atoms with Crippen LogP contribution in [0.4, 0.5) is 0 Å². The van der Waals surface area contributed by atoms with Gasteiger partial charge in [0.1, 0.15) is 0 Å². The summed E-state index contributed by atoms with van der Waals surface area (Å²) in [5, 5.41) is 0.850. The summed E-state index contributed by atoms with van der Waals surface area (Å²) in [6.07, 6.45) is 2.14. The van der Waals surface area contributed by atoms with Gasteiger partial charge in [-0.1, -0.05) is 56.5 Å². The van der Waals surface area contributed by atoms with E-state index in [-0.39, 0.29) is 0 Å². The molecular formula is C10H11Br2Cl. The van der Waals surface area contributed by atoms with Crippen molar-refractivity contribution in [1.82, 2.24) is 0 Å². The monoisotopic (exact) mass is 324 g/mol. The predicted molar refractivity (Wildman–Crippen MR) is 65.9 cm³/mol. The zero-order chi connectivity index (χ0) is 9.84. The van der Waals surface area contributed by atoms with Gasteiger partial charge in [-0.25, -0.2) is 0 Å². The third-order valence-corrected chi connectivity index (χ3v) is 3.13. The van der Waals surface area contributed by atoms with Crippen LogP contribution in [0.1, 0.15) is 18.9 Å². The number of hydrogen-bond donors (Lipinski definition) is 0. The number of aryl methyl sites for hydroxylation is 1. The second kappa shape index (κ2) is 5.38. The Morgan fingerprint density at radius 1 is 1.46 bits per heavy atom. The Kier molecular flexibility index (Phi) is 4.77. The maximum absolute atomic E-state index is 6.07. The van der Waals surface area contributed by atoms with Crippen LogP contribution in [0, 0.1) is 0 Å². The van der Waals surface area contributed by atoms with Crippen LogP contribution in [0.2, 0.25) is 5.02 Å². The average molecular weight is 326 g/mol. The molecule has 72 valence electrons. The first-order valence-corrected chi connectivity index (χ1v) is 6.26. The van der Waals surface area contributed by atoms with Crippen LogP contribution in [0.25, 0.3) is 0 Å². The Balaban J connectivity index is 2.67. The molecule has 0 nitrogen and oxygen atoms in total. The van der Waals surface area contributed by atoms with Crippen LogP contribution in [0.3, 0.4) is 0 Å². The van der Waals surface area contributed by atoms with Crippen LogP contribution in [-0.2, 0) is 6.42 Å². The van der Waals surface area contributed by atoms with Crippen LogP contribution in [0.15, 0.2) is 22.7 Å². The molecule has 13 heavy (non-hydrogen) atoms. The van der Waals surface area contributed by atoms with Gasteiger partial charge in [0.05, 0.1) is 0 Å². The molecule has 0 N–H and O–H groups in total. The molecule has 1 aromatic rings. The van der Waals surface area contributed by atoms with E-state index in [1.54, 1.807) is 0 Å². The average Bonchev–Trinajstić information content (AvgIpc) is 2.02. The molecule has 0 spiro atoms. The lowest BCUT2D eigenvalue weighted by molar-refractivity contribution is 0.822. The summed E-state index contributed by atoms with van der Waals surface area (Å²) in [5.74, 6) is 0. The van der Waals surface area contributed by atoms with E-state index in [4.69, 9.17) is 11.6 Å². The second-order valence-corrected chi connectivity index (χ2v) is 5.94. The van der Waals surface area contributed by atoms with Gasteiger partial charge in [-0.15, -0.1) is 0 Å². The molecule has 0 bridgehead atoms. The zero-order valence-corrected chi connectivity index (χ0v) is 11.3. The number of hydrogen-bond acceptors (Lipinski definition) is 0. The summed E-state index contributed by atoms with van der Waals surface area (Å²) < 4.78 is 1.04. The van der Waals surface area contributed by atoms with Crippen LogP contribution < -0.4 is 0 Å². The fraction of sp³-hybridized carbons (Fsp3) is 0.400. The number of benzene rings is 1. The van der Waals surface area contributed by atoms with Crippen LogP contribution >= 0.6 is 43.5 Å². The summed E-state index contributed by atoms with van der Waals surface area (Å²) in [6, 6.07) is 6.04. The van der Waals surface area contributed by atoms with Crippen molar-refractivity contribution in [2.24, 2.45) is 0 Å². The van der Waals surface area contributed by atoms with Gasteiger partial charge >= 0.3 is 0 Å². The van der Waals surface area contributed by atoms with Crippen molar-refractivity contribution in [3.8, 4) is 0 Å². The molecule has 0 aliphatic carbocycles. The van der Waals surface area contributed by atoms with Gasteiger partial charge in [0, 0.05) is 14.3 Å². The summed E-state index contributed by atoms with van der Waals surface area (Å²) >= 11 is 13.0. The molecular weight excluding hydrogens is 315 g/mol. The summed E-state index contributed by atoms with van der Waals surface area (Å²) in [4.78, 5) is 0.548. The van der Waals surface area contributed by atoms with Gasteiger partial charge in [0.25, 0.3) is 0 Å². The molecule has 0 aliphatic rings. The maximum atomic E-state index is 6.07. The minimum absolute atomic E-state index is 0.548. The molecule has 1 atom stereocenters. The lowest BCUT2D eigenvalue weighted by Gasteiger charge is -2.05. The largest absolute Gasteiger partial charge is 0.0894 e. The molecule has 3 heteroatoms. The molecule has 0 fully saturated rings. The smallest absolute Gasteiger partial charge is 0.0449 e. The Labute approximate surface area is 101 Å². The van der Waals surface area contributed by atoms with Gasteiger partial charge in [-0.05, 0) is 30.5 Å². The minimum atomic E-state index is 0.548. The third kappa shape index (κ3) is 4.01. The van der Waals surface area contributed by atoms with Crippen molar-refractivity contribution < 1.29 is 0 Å². The van der Waals surface area contributed by atoms with Gasteiger partial charge < -0.3 is 0 Å². The van der Waals surface area contributed by atoms with E-state index >= 15 is 0 Å². The van der Waals surface area contributed by atoms with E-state index in [0.717, 1.165) is 22.3 Å². The molecule has 1 rings (SSSR count). The molecule has 0 heterocycles. The first-order chi connectivity index (χ1) is 6.09. The molecule has 0 amide bonds. The first kappa shape index (κ1) is 11.5. The fourth-order valence-corrected chi connectivity index (χ4v) is 2.08. The normalized spacial score (nSPS) is 12.9. The highest BCUT2D eigenvalue weighted by molar-refractivity contribution is 9.10. The highest BCUT2D eigenvalue weighted by Crippen LogP contribution is 2.23. The van der Waals surface area contributed by atoms with Crippen LogP contribution in [0.5, 0.6) is 0 Å². The Hall–Kier alpha value is 0.470. The predicted octanol–water partition coefficient (Wildman–Crippen LogP) is 4.82. The summed E-state index contributed by atoms with van der Waals surface area (Å²) in [7, 11) is 0. The van der Waals surface area contributed by atoms with Crippen molar-refractivity contribution >= 4 is 43.5 Å². The van der Waals surface area contributed by atoms with E-state index in [2.05, 4.69) is 44.8 Å². The van der Waals surface area contributed by atoms with E-state index in [0.29, 0.717) is 4.83 Å². The fourth-order valence-electron chi connectivity index (χ4n) is 1.08. The summed E-state index contributed by atoms with van der Waals surface area (Å²) in [6.45, 7) is 2.15. The van der Waals surface area contributed by atoms with Gasteiger partial charge in [0.2, 0.25) is 0 Å². The molecule has 0 radical (unpaired) electrons. The lowest BCUT2D eigenvalue weighted by Crippen LogP contribution is -1.94. The molecule has 1 aromatic carbocycles. The van der Waals surface area contributed by atoms with Crippen molar-refractivity contribution in [2.45, 2.75) is 24.6 Å². The van der Waals surface area contributed by atoms with E-state index < -0.39 is 0 Å². The first-order valence-electron chi connectivity index (χ1n) is 4.17. The van der Waals surface area contributed by atoms with Gasteiger partial charge in [-0.3, -0.25) is 0 Å². The Bertz CT molecular complexity index is 284. The number of alkyl halides is 1. The minimum Gasteiger partial charge on any atom is -0.0894 e. The van der Waals surface area contributed by atoms with Crippen molar-refractivity contribution in [1.29, 1.82) is 0 Å². The zero-order valence-electron chi connectivity index (χ0n) is 7.36. The molecule has 0 aliphatic heterocycles. The van der Waals surface area contributed by atoms with Crippen molar-refractivity contribution in [3.63, 3.8) is 0 Å². The molecule has 0 aromatic heterocycles. The molecule has 0 saturated carbocycles. The highest BCUT2D eigenvalue weighted by atomic mass is 79.9. The Morgan fingerprint density at radius 3 is 2.69 bits per heavy atom. The summed E-state index contributed by atoms with van der Waals surface area (Å²) in [5.41, 5.74) is 1.22. The van der Waals surface area contributed by atoms with Gasteiger partial charge in [0.15, 0.2) is 0 Å². The van der Waals surface area contributed by atoms with Crippen molar-refractivity contribution in [3.05, 3.63) is 33.3 Å². The number of halogens is 3. The van der Waals surface area contributed by atoms with E-state index in [1.165, 1.54) is 5.56 Å². The lowest BCUT2D eigenvalue weighted by atomic mass is 10.1. The third-order valence-electron chi connectivity index (χ3n) is 1.83. The highest BCUT2D eigenvalue weighted by Gasteiger charge is 2.02. The van der Waals surface area contributed by atoms with Crippen LogP contribution in [-0.4, -0.2) is 4.83 Å². The number of rotatable bonds is 3. The topological polar surface area (TPSA) is 0 Å². The van der Waals surface area contributed by atoms with E-state index in [9.17, 15) is 0 Å². The Morgan fingerprint density at radius 2 is 2.15 bits per heavy atom. The van der Waals surface area contributed by atoms with Gasteiger partial charge in [-0.2, -0.15) is 0 Å². The molecule has 0 saturated heterocycles. The maximum Gasteiger partial charge on any atom is 0.0449 e. The quantitative estimate of drug-likeness (QED) is 0.699. The van der Waals surface area contributed by atoms with E-state index in [1.807, 2.05) is 12.1 Å². The van der Waals surface area contributed by atoms with Crippen molar-refractivity contribution in [2.75, 3.05) is 0 Å². The SMILES string of the molecule is CC(Br)CCc1ccc(Br)cc1Cl.